The van der Waals surface area contributed by atoms with Crippen molar-refractivity contribution in [3.63, 3.8) is 0 Å². The van der Waals surface area contributed by atoms with Gasteiger partial charge in [-0.1, -0.05) is 13.8 Å². The summed E-state index contributed by atoms with van der Waals surface area (Å²) < 4.78 is 0. The second-order valence-corrected chi connectivity index (χ2v) is 4.08. The smallest absolute Gasteiger partial charge is 0.233 e. The Labute approximate surface area is 97.4 Å². The first kappa shape index (κ1) is 14.9. The molecule has 0 fully saturated rings. The summed E-state index contributed by atoms with van der Waals surface area (Å²) in [4.78, 5) is 22.3. The van der Waals surface area contributed by atoms with Crippen molar-refractivity contribution in [2.45, 2.75) is 27.2 Å². The van der Waals surface area contributed by atoms with Gasteiger partial charge >= 0.3 is 0 Å². The molecule has 0 radical (unpaired) electrons. The van der Waals surface area contributed by atoms with Crippen molar-refractivity contribution < 1.29 is 9.59 Å². The molecule has 5 heteroatoms. The monoisotopic (exact) mass is 229 g/mol. The van der Waals surface area contributed by atoms with E-state index in [1.165, 1.54) is 0 Å². The van der Waals surface area contributed by atoms with Crippen LogP contribution in [0.1, 0.15) is 27.2 Å². The topological polar surface area (TPSA) is 70.2 Å². The molecule has 0 aromatic heterocycles. The van der Waals surface area contributed by atoms with Gasteiger partial charge < -0.3 is 16.0 Å². The Kier molecular flexibility index (Phi) is 8.52. The number of rotatable bonds is 8. The van der Waals surface area contributed by atoms with Gasteiger partial charge in [-0.3, -0.25) is 9.59 Å². The third-order valence-corrected chi connectivity index (χ3v) is 1.90. The van der Waals surface area contributed by atoms with Crippen LogP contribution >= 0.6 is 0 Å². The Morgan fingerprint density at radius 3 is 2.38 bits per heavy atom. The molecule has 3 N–H and O–H groups in total. The molecule has 2 amide bonds. The summed E-state index contributed by atoms with van der Waals surface area (Å²) in [5.74, 6) is 0.446. The van der Waals surface area contributed by atoms with Crippen molar-refractivity contribution in [1.29, 1.82) is 0 Å². The van der Waals surface area contributed by atoms with Crippen LogP contribution in [0.2, 0.25) is 0 Å². The maximum atomic E-state index is 11.2. The van der Waals surface area contributed by atoms with Gasteiger partial charge in [0, 0.05) is 26.1 Å². The minimum atomic E-state index is -0.0235. The first-order valence-electron chi connectivity index (χ1n) is 5.80. The molecule has 94 valence electrons. The van der Waals surface area contributed by atoms with Crippen LogP contribution < -0.4 is 16.0 Å². The van der Waals surface area contributed by atoms with E-state index in [-0.39, 0.29) is 18.4 Å². The van der Waals surface area contributed by atoms with Gasteiger partial charge in [-0.15, -0.1) is 0 Å². The molecule has 0 aliphatic rings. The zero-order valence-electron chi connectivity index (χ0n) is 10.4. The highest BCUT2D eigenvalue weighted by molar-refractivity contribution is 5.78. The first-order chi connectivity index (χ1) is 7.56. The molecule has 0 bridgehead atoms. The zero-order chi connectivity index (χ0) is 12.4. The van der Waals surface area contributed by atoms with Gasteiger partial charge in [0.2, 0.25) is 11.8 Å². The fraction of sp³-hybridized carbons (Fsp3) is 0.818. The second kappa shape index (κ2) is 9.15. The highest BCUT2D eigenvalue weighted by Gasteiger charge is 2.02. The predicted molar refractivity (Wildman–Crippen MR) is 64.0 cm³/mol. The minimum absolute atomic E-state index is 0.0117. The van der Waals surface area contributed by atoms with E-state index in [0.29, 0.717) is 32.0 Å². The molecule has 0 rings (SSSR count). The number of hydrogen-bond acceptors (Lipinski definition) is 3. The summed E-state index contributed by atoms with van der Waals surface area (Å²) in [6.07, 6.45) is 0.408. The molecular weight excluding hydrogens is 206 g/mol. The van der Waals surface area contributed by atoms with Gasteiger partial charge in [-0.2, -0.15) is 0 Å². The Hall–Kier alpha value is -1.10. The molecule has 0 spiro atoms. The lowest BCUT2D eigenvalue weighted by Crippen LogP contribution is -2.37. The van der Waals surface area contributed by atoms with Crippen molar-refractivity contribution in [3.05, 3.63) is 0 Å². The fourth-order valence-electron chi connectivity index (χ4n) is 1.07. The van der Waals surface area contributed by atoms with Crippen molar-refractivity contribution in [2.24, 2.45) is 5.92 Å². The second-order valence-electron chi connectivity index (χ2n) is 4.08. The molecule has 5 nitrogen and oxygen atoms in total. The minimum Gasteiger partial charge on any atom is -0.356 e. The van der Waals surface area contributed by atoms with Crippen LogP contribution in [-0.4, -0.2) is 38.0 Å². The van der Waals surface area contributed by atoms with Gasteiger partial charge in [-0.05, 0) is 12.8 Å². The fourth-order valence-corrected chi connectivity index (χ4v) is 1.07. The van der Waals surface area contributed by atoms with Crippen LogP contribution in [0.25, 0.3) is 0 Å². The van der Waals surface area contributed by atoms with Gasteiger partial charge in [0.25, 0.3) is 0 Å². The third kappa shape index (κ3) is 9.45. The van der Waals surface area contributed by atoms with E-state index in [1.54, 1.807) is 0 Å². The van der Waals surface area contributed by atoms with E-state index >= 15 is 0 Å². The molecule has 0 aromatic rings. The SMILES string of the molecule is CCNC(=O)CCNCC(=O)NCC(C)C. The number of carbonyl (C=O) groups excluding carboxylic acids is 2. The van der Waals surface area contributed by atoms with Crippen molar-refractivity contribution in [2.75, 3.05) is 26.2 Å². The van der Waals surface area contributed by atoms with E-state index in [1.807, 2.05) is 20.8 Å². The van der Waals surface area contributed by atoms with E-state index < -0.39 is 0 Å². The number of amides is 2. The summed E-state index contributed by atoms with van der Waals surface area (Å²) in [5, 5.41) is 8.41. The third-order valence-electron chi connectivity index (χ3n) is 1.90. The van der Waals surface area contributed by atoms with Crippen molar-refractivity contribution in [1.82, 2.24) is 16.0 Å². The highest BCUT2D eigenvalue weighted by atomic mass is 16.2. The van der Waals surface area contributed by atoms with Crippen LogP contribution in [0.15, 0.2) is 0 Å². The van der Waals surface area contributed by atoms with Gasteiger partial charge in [-0.25, -0.2) is 0 Å². The molecule has 0 heterocycles. The Morgan fingerprint density at radius 2 is 1.81 bits per heavy atom. The molecule has 0 aliphatic heterocycles. The van der Waals surface area contributed by atoms with Crippen LogP contribution in [-0.2, 0) is 9.59 Å². The number of nitrogens with one attached hydrogen (secondary N) is 3. The molecule has 0 aliphatic carbocycles. The van der Waals surface area contributed by atoms with Crippen LogP contribution in [0.5, 0.6) is 0 Å². The van der Waals surface area contributed by atoms with Gasteiger partial charge in [0.15, 0.2) is 0 Å². The lowest BCUT2D eigenvalue weighted by molar-refractivity contribution is -0.122. The average Bonchev–Trinajstić information content (AvgIpc) is 2.22. The lowest BCUT2D eigenvalue weighted by atomic mass is 10.2. The van der Waals surface area contributed by atoms with Crippen molar-refractivity contribution >= 4 is 11.8 Å². The molecule has 0 saturated heterocycles. The van der Waals surface area contributed by atoms with Gasteiger partial charge in [0.1, 0.15) is 0 Å². The largest absolute Gasteiger partial charge is 0.356 e. The molecule has 0 unspecified atom stereocenters. The summed E-state index contributed by atoms with van der Waals surface area (Å²) >= 11 is 0. The van der Waals surface area contributed by atoms with Crippen LogP contribution in [0.4, 0.5) is 0 Å². The van der Waals surface area contributed by atoms with Crippen LogP contribution in [0, 0.1) is 5.92 Å². The van der Waals surface area contributed by atoms with E-state index in [4.69, 9.17) is 0 Å². The zero-order valence-corrected chi connectivity index (χ0v) is 10.4. The van der Waals surface area contributed by atoms with Gasteiger partial charge in [0.05, 0.1) is 6.54 Å². The summed E-state index contributed by atoms with van der Waals surface area (Å²) in [5.41, 5.74) is 0. The summed E-state index contributed by atoms with van der Waals surface area (Å²) in [7, 11) is 0. The van der Waals surface area contributed by atoms with Crippen molar-refractivity contribution in [3.8, 4) is 0 Å². The standard InChI is InChI=1S/C11H23N3O2/c1-4-13-10(15)5-6-12-8-11(16)14-7-9(2)3/h9,12H,4-8H2,1-3H3,(H,13,15)(H,14,16). The summed E-state index contributed by atoms with van der Waals surface area (Å²) in [6.45, 7) is 8.11. The Balaban J connectivity index is 3.37. The van der Waals surface area contributed by atoms with Crippen LogP contribution in [0.3, 0.4) is 0 Å². The Morgan fingerprint density at radius 1 is 1.12 bits per heavy atom. The first-order valence-corrected chi connectivity index (χ1v) is 5.80. The lowest BCUT2D eigenvalue weighted by Gasteiger charge is -2.08. The molecular formula is C11H23N3O2. The summed E-state index contributed by atoms with van der Waals surface area (Å²) in [6, 6.07) is 0. The van der Waals surface area contributed by atoms with E-state index in [2.05, 4.69) is 16.0 Å². The average molecular weight is 229 g/mol. The molecule has 0 aromatic carbocycles. The number of carbonyl (C=O) groups is 2. The number of hydrogen-bond donors (Lipinski definition) is 3. The maximum Gasteiger partial charge on any atom is 0.233 e. The predicted octanol–water partition coefficient (Wildman–Crippen LogP) is -0.126. The van der Waals surface area contributed by atoms with E-state index in [9.17, 15) is 9.59 Å². The highest BCUT2D eigenvalue weighted by Crippen LogP contribution is 1.86. The normalized spacial score (nSPS) is 10.2. The van der Waals surface area contributed by atoms with E-state index in [0.717, 1.165) is 0 Å². The quantitative estimate of drug-likeness (QED) is 0.508. The Bertz CT molecular complexity index is 217. The molecule has 0 atom stereocenters. The molecule has 0 saturated carbocycles. The molecule has 16 heavy (non-hydrogen) atoms. The maximum absolute atomic E-state index is 11.2.